The van der Waals surface area contributed by atoms with Crippen molar-refractivity contribution in [2.45, 2.75) is 44.2 Å². The van der Waals surface area contributed by atoms with E-state index in [-0.39, 0.29) is 29.1 Å². The van der Waals surface area contributed by atoms with Gasteiger partial charge in [0.2, 0.25) is 11.8 Å². The zero-order valence-electron chi connectivity index (χ0n) is 24.6. The van der Waals surface area contributed by atoms with Crippen LogP contribution in [0.5, 0.6) is 0 Å². The molecule has 4 aromatic rings. The zero-order valence-corrected chi connectivity index (χ0v) is 25.4. The van der Waals surface area contributed by atoms with Crippen molar-refractivity contribution in [1.82, 2.24) is 10.2 Å². The minimum atomic E-state index is -4.37. The number of hydrogen-bond acceptors (Lipinski definition) is 4. The second-order valence-electron chi connectivity index (χ2n) is 10.4. The van der Waals surface area contributed by atoms with E-state index < -0.39 is 46.1 Å². The zero-order chi connectivity index (χ0) is 31.7. The summed E-state index contributed by atoms with van der Waals surface area (Å²) in [6.07, 6.45) is 0.772. The summed E-state index contributed by atoms with van der Waals surface area (Å²) < 4.78 is 57.4. The third-order valence-corrected chi connectivity index (χ3v) is 8.91. The summed E-state index contributed by atoms with van der Waals surface area (Å²) in [4.78, 5) is 28.9. The highest BCUT2D eigenvalue weighted by atomic mass is 32.2. The maximum Gasteiger partial charge on any atom is 0.264 e. The van der Waals surface area contributed by atoms with Gasteiger partial charge in [-0.25, -0.2) is 17.2 Å². The van der Waals surface area contributed by atoms with Crippen LogP contribution in [0.25, 0.3) is 0 Å². The van der Waals surface area contributed by atoms with Gasteiger partial charge in [0.1, 0.15) is 24.2 Å². The van der Waals surface area contributed by atoms with Gasteiger partial charge in [-0.05, 0) is 61.4 Å². The van der Waals surface area contributed by atoms with Crippen LogP contribution in [0.2, 0.25) is 0 Å². The molecule has 1 unspecified atom stereocenters. The SMILES string of the molecule is CCCNC(=O)C(Cc1ccccc1)N(Cc1ccccc1F)C(=O)CN(c1ccc(C)cc1)S(=O)(=O)c1ccc(F)cc1. The third-order valence-electron chi connectivity index (χ3n) is 7.12. The highest BCUT2D eigenvalue weighted by Crippen LogP contribution is 2.26. The van der Waals surface area contributed by atoms with Crippen LogP contribution in [-0.2, 0) is 32.6 Å². The summed E-state index contributed by atoms with van der Waals surface area (Å²) in [6.45, 7) is 3.13. The average Bonchev–Trinajstić information content (AvgIpc) is 3.02. The summed E-state index contributed by atoms with van der Waals surface area (Å²) in [5.74, 6) is -2.33. The van der Waals surface area contributed by atoms with Crippen molar-refractivity contribution in [3.8, 4) is 0 Å². The lowest BCUT2D eigenvalue weighted by Crippen LogP contribution is -2.53. The number of rotatable bonds is 13. The molecule has 0 fully saturated rings. The molecule has 10 heteroatoms. The van der Waals surface area contributed by atoms with Gasteiger partial charge >= 0.3 is 0 Å². The minimum absolute atomic E-state index is 0.117. The molecule has 4 rings (SSSR count). The van der Waals surface area contributed by atoms with Gasteiger partial charge in [-0.1, -0.05) is 73.2 Å². The molecule has 1 atom stereocenters. The molecule has 2 amide bonds. The topological polar surface area (TPSA) is 86.8 Å². The van der Waals surface area contributed by atoms with Crippen molar-refractivity contribution < 1.29 is 26.8 Å². The molecule has 44 heavy (non-hydrogen) atoms. The lowest BCUT2D eigenvalue weighted by atomic mass is 10.0. The van der Waals surface area contributed by atoms with Gasteiger partial charge < -0.3 is 10.2 Å². The molecule has 0 aromatic heterocycles. The Bertz CT molecular complexity index is 1670. The normalized spacial score (nSPS) is 11.9. The van der Waals surface area contributed by atoms with Crippen LogP contribution in [0.3, 0.4) is 0 Å². The van der Waals surface area contributed by atoms with Crippen LogP contribution in [0.4, 0.5) is 14.5 Å². The molecule has 0 aliphatic carbocycles. The van der Waals surface area contributed by atoms with Crippen molar-refractivity contribution in [1.29, 1.82) is 0 Å². The molecular formula is C34H35F2N3O4S. The Labute approximate surface area is 257 Å². The van der Waals surface area contributed by atoms with E-state index in [1.807, 2.05) is 44.2 Å². The fourth-order valence-corrected chi connectivity index (χ4v) is 6.12. The number of nitrogens with one attached hydrogen (secondary N) is 1. The number of nitrogens with zero attached hydrogens (tertiary/aromatic N) is 2. The quantitative estimate of drug-likeness (QED) is 0.210. The largest absolute Gasteiger partial charge is 0.354 e. The van der Waals surface area contributed by atoms with Gasteiger partial charge in [-0.2, -0.15) is 0 Å². The van der Waals surface area contributed by atoms with Gasteiger partial charge in [0, 0.05) is 25.1 Å². The van der Waals surface area contributed by atoms with Gasteiger partial charge in [0.05, 0.1) is 10.6 Å². The highest BCUT2D eigenvalue weighted by molar-refractivity contribution is 7.92. The molecule has 0 saturated heterocycles. The molecule has 0 bridgehead atoms. The van der Waals surface area contributed by atoms with E-state index in [1.54, 1.807) is 30.3 Å². The number of hydrogen-bond donors (Lipinski definition) is 1. The first kappa shape index (κ1) is 32.3. The monoisotopic (exact) mass is 619 g/mol. The Morgan fingerprint density at radius 2 is 1.48 bits per heavy atom. The summed E-state index contributed by atoms with van der Waals surface area (Å²) in [5, 5.41) is 2.85. The van der Waals surface area contributed by atoms with Crippen LogP contribution in [0.1, 0.15) is 30.0 Å². The van der Waals surface area contributed by atoms with Gasteiger partial charge in [-0.15, -0.1) is 0 Å². The molecule has 1 N–H and O–H groups in total. The number of amides is 2. The van der Waals surface area contributed by atoms with Crippen LogP contribution < -0.4 is 9.62 Å². The summed E-state index contributed by atoms with van der Waals surface area (Å²) in [6, 6.07) is 24.8. The van der Waals surface area contributed by atoms with Crippen molar-refractivity contribution in [3.05, 3.63) is 131 Å². The Morgan fingerprint density at radius 3 is 2.11 bits per heavy atom. The number of halogens is 2. The first-order valence-corrected chi connectivity index (χ1v) is 15.7. The smallest absolute Gasteiger partial charge is 0.264 e. The molecule has 0 aliphatic rings. The lowest BCUT2D eigenvalue weighted by Gasteiger charge is -2.34. The number of anilines is 1. The predicted octanol–water partition coefficient (Wildman–Crippen LogP) is 5.63. The first-order valence-electron chi connectivity index (χ1n) is 14.3. The summed E-state index contributed by atoms with van der Waals surface area (Å²) >= 11 is 0. The maximum atomic E-state index is 14.9. The first-order chi connectivity index (χ1) is 21.1. The number of carbonyl (C=O) groups excluding carboxylic acids is 2. The van der Waals surface area contributed by atoms with Crippen molar-refractivity contribution in [2.24, 2.45) is 0 Å². The lowest BCUT2D eigenvalue weighted by molar-refractivity contribution is -0.140. The molecule has 0 spiro atoms. The molecular weight excluding hydrogens is 584 g/mol. The van der Waals surface area contributed by atoms with Crippen molar-refractivity contribution in [3.63, 3.8) is 0 Å². The van der Waals surface area contributed by atoms with Crippen LogP contribution in [-0.4, -0.2) is 44.3 Å². The Hall–Kier alpha value is -4.57. The van der Waals surface area contributed by atoms with Gasteiger partial charge in [0.25, 0.3) is 10.0 Å². The van der Waals surface area contributed by atoms with E-state index in [9.17, 15) is 26.8 Å². The molecule has 0 radical (unpaired) electrons. The number of aryl methyl sites for hydroxylation is 1. The van der Waals surface area contributed by atoms with E-state index in [2.05, 4.69) is 5.32 Å². The molecule has 230 valence electrons. The molecule has 0 heterocycles. The minimum Gasteiger partial charge on any atom is -0.354 e. The summed E-state index contributed by atoms with van der Waals surface area (Å²) in [5.41, 5.74) is 2.01. The third kappa shape index (κ3) is 8.08. The molecule has 7 nitrogen and oxygen atoms in total. The molecule has 0 aliphatic heterocycles. The highest BCUT2D eigenvalue weighted by Gasteiger charge is 2.35. The fourth-order valence-electron chi connectivity index (χ4n) is 4.70. The molecule has 4 aromatic carbocycles. The number of carbonyl (C=O) groups is 2. The number of benzene rings is 4. The van der Waals surface area contributed by atoms with Crippen molar-refractivity contribution >= 4 is 27.5 Å². The van der Waals surface area contributed by atoms with Crippen LogP contribution in [0, 0.1) is 18.6 Å². The van der Waals surface area contributed by atoms with Gasteiger partial charge in [0.15, 0.2) is 0 Å². The predicted molar refractivity (Wildman–Crippen MR) is 166 cm³/mol. The standard InChI is InChI=1S/C34H35F2N3O4S/c1-3-21-37-34(41)32(22-26-9-5-4-6-10-26)38(23-27-11-7-8-12-31(27)36)33(40)24-39(29-17-13-25(2)14-18-29)44(42,43)30-19-15-28(35)16-20-30/h4-20,32H,3,21-24H2,1-2H3,(H,37,41). The number of sulfonamides is 1. The van der Waals surface area contributed by atoms with Crippen LogP contribution >= 0.6 is 0 Å². The van der Waals surface area contributed by atoms with E-state index in [0.29, 0.717) is 13.0 Å². The summed E-state index contributed by atoms with van der Waals surface area (Å²) in [7, 11) is -4.37. The second kappa shape index (κ2) is 14.7. The van der Waals surface area contributed by atoms with Crippen molar-refractivity contribution in [2.75, 3.05) is 17.4 Å². The van der Waals surface area contributed by atoms with E-state index in [1.165, 1.54) is 23.1 Å². The van der Waals surface area contributed by atoms with Gasteiger partial charge in [-0.3, -0.25) is 13.9 Å². The Kier molecular flexibility index (Phi) is 10.8. The van der Waals surface area contributed by atoms with Crippen LogP contribution in [0.15, 0.2) is 108 Å². The van der Waals surface area contributed by atoms with E-state index in [0.717, 1.165) is 39.7 Å². The fraction of sp³-hybridized carbons (Fsp3) is 0.235. The molecule has 0 saturated carbocycles. The van der Waals surface area contributed by atoms with E-state index >= 15 is 0 Å². The Morgan fingerprint density at radius 1 is 0.841 bits per heavy atom. The average molecular weight is 620 g/mol. The van der Waals surface area contributed by atoms with E-state index in [4.69, 9.17) is 0 Å². The Balaban J connectivity index is 1.80. The second-order valence-corrected chi connectivity index (χ2v) is 12.3. The maximum absolute atomic E-state index is 14.9.